The molecule has 200 valence electrons. The molecule has 0 amide bonds. The summed E-state index contributed by atoms with van der Waals surface area (Å²) in [4.78, 5) is 0. The molecule has 0 aromatic heterocycles. The van der Waals surface area contributed by atoms with E-state index in [0.29, 0.717) is 65.9 Å². The van der Waals surface area contributed by atoms with Gasteiger partial charge in [0.2, 0.25) is 0 Å². The lowest BCUT2D eigenvalue weighted by molar-refractivity contribution is -0.0115. The van der Waals surface area contributed by atoms with E-state index in [1.165, 1.54) is 0 Å². The lowest BCUT2D eigenvalue weighted by Crippen LogP contribution is -2.81. The van der Waals surface area contributed by atoms with E-state index in [0.717, 1.165) is 0 Å². The summed E-state index contributed by atoms with van der Waals surface area (Å²) >= 11 is 0. The highest BCUT2D eigenvalue weighted by Gasteiger charge is 2.88. The van der Waals surface area contributed by atoms with Crippen LogP contribution in [0.2, 0.25) is 4.28 Å². The van der Waals surface area contributed by atoms with Crippen LogP contribution in [0.5, 0.6) is 0 Å². The van der Waals surface area contributed by atoms with Gasteiger partial charge in [-0.25, -0.2) is 0 Å². The van der Waals surface area contributed by atoms with Crippen molar-refractivity contribution in [1.29, 1.82) is 0 Å². The van der Waals surface area contributed by atoms with E-state index in [2.05, 4.69) is 0 Å². The van der Waals surface area contributed by atoms with Crippen LogP contribution in [0.3, 0.4) is 0 Å². The maximum absolute atomic E-state index is 6.54. The highest BCUT2D eigenvalue weighted by atomic mass is 28.5. The molecule has 12 heteroatoms. The average molecular weight is 531 g/mol. The molecule has 0 bridgehead atoms. The number of hydrogen-bond acceptors (Lipinski definition) is 9. The molecule has 0 rings (SSSR count). The maximum Gasteiger partial charge on any atom is 0.516 e. The van der Waals surface area contributed by atoms with Crippen molar-refractivity contribution in [2.24, 2.45) is 0 Å². The Bertz CT molecular complexity index is 384. The minimum atomic E-state index is -3.70. The minimum Gasteiger partial charge on any atom is -0.373 e. The summed E-state index contributed by atoms with van der Waals surface area (Å²) < 4.78 is 57.7. The van der Waals surface area contributed by atoms with Gasteiger partial charge in [0.25, 0.3) is 0 Å². The van der Waals surface area contributed by atoms with Crippen molar-refractivity contribution in [3.63, 3.8) is 0 Å². The third-order valence-electron chi connectivity index (χ3n) is 5.11. The van der Waals surface area contributed by atoms with Crippen molar-refractivity contribution in [3.05, 3.63) is 0 Å². The Labute approximate surface area is 205 Å². The summed E-state index contributed by atoms with van der Waals surface area (Å²) in [7, 11) is -11.1. The fourth-order valence-corrected chi connectivity index (χ4v) is 20.5. The van der Waals surface area contributed by atoms with Crippen LogP contribution in [0.1, 0.15) is 75.7 Å². The molecule has 9 nitrogen and oxygen atoms in total. The van der Waals surface area contributed by atoms with E-state index < -0.39 is 30.7 Å². The molecule has 0 saturated carbocycles. The van der Waals surface area contributed by atoms with E-state index in [-0.39, 0.29) is 0 Å². The van der Waals surface area contributed by atoms with Gasteiger partial charge in [-0.05, 0) is 68.7 Å². The maximum atomic E-state index is 6.54. The van der Waals surface area contributed by atoms with Gasteiger partial charge in [-0.2, -0.15) is 0 Å². The first-order chi connectivity index (χ1) is 15.9. The molecule has 0 radical (unpaired) electrons. The van der Waals surface area contributed by atoms with Crippen LogP contribution in [0.25, 0.3) is 0 Å². The second kappa shape index (κ2) is 16.9. The Balaban J connectivity index is 7.88. The topological polar surface area (TPSA) is 83.1 Å². The van der Waals surface area contributed by atoms with E-state index in [4.69, 9.17) is 39.8 Å². The van der Waals surface area contributed by atoms with E-state index >= 15 is 0 Å². The van der Waals surface area contributed by atoms with E-state index in [9.17, 15) is 0 Å². The lowest BCUT2D eigenvalue weighted by Gasteiger charge is -2.55. The Morgan fingerprint density at radius 3 is 0.576 bits per heavy atom. The van der Waals surface area contributed by atoms with Crippen LogP contribution in [-0.4, -0.2) is 85.9 Å². The van der Waals surface area contributed by atoms with Crippen molar-refractivity contribution in [2.75, 3.05) is 59.5 Å². The third kappa shape index (κ3) is 6.74. The molecule has 0 fully saturated rings. The van der Waals surface area contributed by atoms with Crippen molar-refractivity contribution >= 4 is 26.4 Å². The molecule has 0 atom stereocenters. The lowest BCUT2D eigenvalue weighted by atomic mass is 10.5. The van der Waals surface area contributed by atoms with Crippen LogP contribution in [0.15, 0.2) is 0 Å². The van der Waals surface area contributed by atoms with Gasteiger partial charge in [-0.3, -0.25) is 0 Å². The quantitative estimate of drug-likeness (QED) is 0.190. The second-order valence-corrected chi connectivity index (χ2v) is 16.8. The van der Waals surface area contributed by atoms with Crippen LogP contribution < -0.4 is 0 Å². The molecule has 0 aliphatic heterocycles. The number of hydrogen-bond donors (Lipinski definition) is 0. The summed E-state index contributed by atoms with van der Waals surface area (Å²) in [5, 5.41) is 0. The van der Waals surface area contributed by atoms with Crippen LogP contribution >= 0.6 is 0 Å². The Hall–Kier alpha value is 0.291. The highest BCUT2D eigenvalue weighted by molar-refractivity contribution is 7.02. The van der Waals surface area contributed by atoms with Gasteiger partial charge in [0.1, 0.15) is 0 Å². The Morgan fingerprint density at radius 1 is 0.333 bits per heavy atom. The molecule has 0 heterocycles. The molecular weight excluding hydrogens is 480 g/mol. The van der Waals surface area contributed by atoms with Gasteiger partial charge >= 0.3 is 26.4 Å². The summed E-state index contributed by atoms with van der Waals surface area (Å²) in [6.07, 6.45) is 0.456. The first kappa shape index (κ1) is 33.3. The molecule has 0 aromatic carbocycles. The summed E-state index contributed by atoms with van der Waals surface area (Å²) in [5.74, 6) is 0. The fraction of sp³-hybridized carbons (Fsp3) is 1.00. The smallest absolute Gasteiger partial charge is 0.373 e. The van der Waals surface area contributed by atoms with Crippen molar-refractivity contribution in [3.8, 4) is 0 Å². The van der Waals surface area contributed by atoms with E-state index in [1.807, 2.05) is 69.2 Å². The van der Waals surface area contributed by atoms with Gasteiger partial charge in [0, 0.05) is 59.5 Å². The molecule has 0 spiro atoms. The predicted molar refractivity (Wildman–Crippen MR) is 135 cm³/mol. The zero-order valence-corrected chi connectivity index (χ0v) is 25.7. The average Bonchev–Trinajstić information content (AvgIpc) is 2.76. The van der Waals surface area contributed by atoms with Crippen LogP contribution in [-0.2, 0) is 39.8 Å². The predicted octanol–water partition coefficient (Wildman–Crippen LogP) is 4.36. The fourth-order valence-electron chi connectivity index (χ4n) is 4.41. The molecule has 0 aliphatic carbocycles. The largest absolute Gasteiger partial charge is 0.516 e. The Morgan fingerprint density at radius 2 is 0.485 bits per heavy atom. The minimum absolute atomic E-state index is 0.373. The highest BCUT2D eigenvalue weighted by Crippen LogP contribution is 2.59. The first-order valence-corrected chi connectivity index (χ1v) is 17.8. The zero-order chi connectivity index (χ0) is 25.4. The van der Waals surface area contributed by atoms with Crippen molar-refractivity contribution in [2.45, 2.75) is 79.9 Å². The molecule has 0 unspecified atom stereocenters. The summed E-state index contributed by atoms with van der Waals surface area (Å²) in [5.41, 5.74) is 0. The van der Waals surface area contributed by atoms with E-state index in [1.54, 1.807) is 0 Å². The van der Waals surface area contributed by atoms with Crippen LogP contribution in [0, 0.1) is 0 Å². The summed E-state index contributed by atoms with van der Waals surface area (Å²) in [6, 6.07) is 0. The Kier molecular flexibility index (Phi) is 17.0. The monoisotopic (exact) mass is 530 g/mol. The molecule has 33 heavy (non-hydrogen) atoms. The van der Waals surface area contributed by atoms with Gasteiger partial charge in [-0.1, -0.05) is 6.92 Å². The zero-order valence-electron chi connectivity index (χ0n) is 22.7. The van der Waals surface area contributed by atoms with Gasteiger partial charge in [0.05, 0.1) is 0 Å². The number of rotatable bonds is 22. The molecule has 0 aliphatic rings. The standard InChI is InChI=1S/C21H50O9Si3/c1-11-21(31(22-12-2,23-13-3)24-14-4,32(25-15-5,26-16-6)27-17-7)33(28-18-8,29-19-9)30-20-10/h11-20H2,1-10H3. The van der Waals surface area contributed by atoms with Gasteiger partial charge in [0.15, 0.2) is 4.28 Å². The SMILES string of the molecule is CCO[Si](OCC)(OCC)C(CC)([Si](OCC)(OCC)OCC)[Si](OCC)(OCC)OCC. The molecule has 0 aromatic rings. The van der Waals surface area contributed by atoms with Gasteiger partial charge in [-0.15, -0.1) is 0 Å². The summed E-state index contributed by atoms with van der Waals surface area (Å²) in [6.45, 7) is 22.7. The molecular formula is C21H50O9Si3. The van der Waals surface area contributed by atoms with Gasteiger partial charge < -0.3 is 39.8 Å². The molecule has 0 saturated heterocycles. The normalized spacial score (nSPS) is 13.6. The first-order valence-electron chi connectivity index (χ1n) is 12.6. The third-order valence-corrected chi connectivity index (χ3v) is 20.8. The van der Waals surface area contributed by atoms with Crippen LogP contribution in [0.4, 0.5) is 0 Å². The second-order valence-electron chi connectivity index (χ2n) is 6.82. The van der Waals surface area contributed by atoms with Crippen molar-refractivity contribution in [1.82, 2.24) is 0 Å². The van der Waals surface area contributed by atoms with Crippen molar-refractivity contribution < 1.29 is 39.8 Å². The molecule has 0 N–H and O–H groups in total.